The summed E-state index contributed by atoms with van der Waals surface area (Å²) >= 11 is 16.7. The minimum absolute atomic E-state index is 0.0823. The minimum atomic E-state index is -2.10. The lowest BCUT2D eigenvalue weighted by molar-refractivity contribution is 0.0589. The van der Waals surface area contributed by atoms with E-state index >= 15 is 0 Å². The van der Waals surface area contributed by atoms with Crippen LogP contribution in [0, 0.1) is 0 Å². The first-order valence-corrected chi connectivity index (χ1v) is 6.75. The number of hydrogen-bond acceptors (Lipinski definition) is 5. The van der Waals surface area contributed by atoms with Crippen molar-refractivity contribution in [2.75, 3.05) is 7.11 Å². The van der Waals surface area contributed by atoms with E-state index in [4.69, 9.17) is 39.3 Å². The van der Waals surface area contributed by atoms with Gasteiger partial charge in [0, 0.05) is 17.8 Å². The Bertz CT molecular complexity index is 659. The van der Waals surface area contributed by atoms with Crippen LogP contribution in [-0.2, 0) is 11.3 Å². The Balaban J connectivity index is 2.40. The SMILES string of the molecule is COC(=O)c1cc(C(=O)C(Cl)(Cl)Cl)cn1Cc1ccon1. The van der Waals surface area contributed by atoms with Gasteiger partial charge in [-0.05, 0) is 6.07 Å². The predicted molar refractivity (Wildman–Crippen MR) is 76.0 cm³/mol. The molecule has 0 bridgehead atoms. The summed E-state index contributed by atoms with van der Waals surface area (Å²) in [7, 11) is 1.23. The van der Waals surface area contributed by atoms with Gasteiger partial charge in [0.25, 0.3) is 3.79 Å². The van der Waals surface area contributed by atoms with Crippen LogP contribution in [0.2, 0.25) is 0 Å². The molecule has 0 aliphatic carbocycles. The number of nitrogens with zero attached hydrogens (tertiary/aromatic N) is 2. The molecule has 6 nitrogen and oxygen atoms in total. The number of ketones is 1. The maximum absolute atomic E-state index is 11.9. The second-order valence-electron chi connectivity index (χ2n) is 4.05. The maximum Gasteiger partial charge on any atom is 0.354 e. The Kier molecular flexibility index (Phi) is 4.61. The van der Waals surface area contributed by atoms with Crippen LogP contribution in [0.4, 0.5) is 0 Å². The molecule has 0 aliphatic heterocycles. The summed E-state index contributed by atoms with van der Waals surface area (Å²) < 4.78 is 8.73. The summed E-state index contributed by atoms with van der Waals surface area (Å²) in [5, 5.41) is 3.73. The fraction of sp³-hybridized carbons (Fsp3) is 0.250. The van der Waals surface area contributed by atoms with Gasteiger partial charge in [0.2, 0.25) is 5.78 Å². The van der Waals surface area contributed by atoms with Gasteiger partial charge in [-0.1, -0.05) is 40.0 Å². The van der Waals surface area contributed by atoms with Gasteiger partial charge in [0.05, 0.1) is 13.7 Å². The van der Waals surface area contributed by atoms with Crippen LogP contribution >= 0.6 is 34.8 Å². The highest BCUT2D eigenvalue weighted by molar-refractivity contribution is 6.77. The second-order valence-corrected chi connectivity index (χ2v) is 6.33. The number of hydrogen-bond donors (Lipinski definition) is 0. The normalized spacial score (nSPS) is 11.4. The average Bonchev–Trinajstić information content (AvgIpc) is 3.06. The zero-order valence-corrected chi connectivity index (χ0v) is 12.9. The molecule has 0 atom stereocenters. The molecule has 21 heavy (non-hydrogen) atoms. The lowest BCUT2D eigenvalue weighted by Gasteiger charge is -2.06. The Morgan fingerprint density at radius 2 is 2.14 bits per heavy atom. The first kappa shape index (κ1) is 15.9. The van der Waals surface area contributed by atoms with Crippen LogP contribution in [0.1, 0.15) is 26.5 Å². The van der Waals surface area contributed by atoms with E-state index in [1.54, 1.807) is 6.07 Å². The fourth-order valence-corrected chi connectivity index (χ4v) is 2.03. The van der Waals surface area contributed by atoms with Crippen molar-refractivity contribution in [3.05, 3.63) is 41.5 Å². The van der Waals surface area contributed by atoms with Crippen LogP contribution in [-0.4, -0.2) is 32.4 Å². The topological polar surface area (TPSA) is 74.3 Å². The molecule has 0 spiro atoms. The van der Waals surface area contributed by atoms with Crippen molar-refractivity contribution in [1.82, 2.24) is 9.72 Å². The highest BCUT2D eigenvalue weighted by Crippen LogP contribution is 2.31. The molecule has 112 valence electrons. The first-order chi connectivity index (χ1) is 9.82. The summed E-state index contributed by atoms with van der Waals surface area (Å²) in [5.74, 6) is -1.36. The van der Waals surface area contributed by atoms with Gasteiger partial charge in [-0.15, -0.1) is 0 Å². The van der Waals surface area contributed by atoms with E-state index in [1.165, 1.54) is 30.2 Å². The predicted octanol–water partition coefficient (Wildman–Crippen LogP) is 2.86. The number of halogens is 3. The van der Waals surface area contributed by atoms with Gasteiger partial charge >= 0.3 is 5.97 Å². The first-order valence-electron chi connectivity index (χ1n) is 5.62. The molecule has 0 amide bonds. The minimum Gasteiger partial charge on any atom is -0.464 e. The molecule has 2 aromatic heterocycles. The summed E-state index contributed by atoms with van der Waals surface area (Å²) in [6.07, 6.45) is 2.79. The molecule has 0 aromatic carbocycles. The van der Waals surface area contributed by atoms with E-state index in [2.05, 4.69) is 9.89 Å². The van der Waals surface area contributed by atoms with Gasteiger partial charge in [-0.3, -0.25) is 4.79 Å². The van der Waals surface area contributed by atoms with Gasteiger partial charge in [0.15, 0.2) is 0 Å². The Hall–Kier alpha value is -1.50. The number of carbonyl (C=O) groups is 2. The van der Waals surface area contributed by atoms with E-state index in [1.807, 2.05) is 0 Å². The van der Waals surface area contributed by atoms with Crippen molar-refractivity contribution in [3.8, 4) is 0 Å². The molecule has 0 aliphatic rings. The molecule has 2 heterocycles. The number of rotatable bonds is 4. The third kappa shape index (κ3) is 3.58. The zero-order chi connectivity index (χ0) is 15.6. The van der Waals surface area contributed by atoms with Crippen molar-refractivity contribution in [2.24, 2.45) is 0 Å². The molecule has 0 unspecified atom stereocenters. The van der Waals surface area contributed by atoms with E-state index in [0.717, 1.165) is 0 Å². The van der Waals surface area contributed by atoms with Crippen LogP contribution in [0.15, 0.2) is 29.1 Å². The van der Waals surface area contributed by atoms with Crippen molar-refractivity contribution in [3.63, 3.8) is 0 Å². The average molecular weight is 352 g/mol. The monoisotopic (exact) mass is 350 g/mol. The molecule has 2 rings (SSSR count). The molecule has 2 aromatic rings. The molecule has 9 heteroatoms. The summed E-state index contributed by atoms with van der Waals surface area (Å²) in [4.78, 5) is 23.7. The summed E-state index contributed by atoms with van der Waals surface area (Å²) in [6, 6.07) is 2.92. The van der Waals surface area contributed by atoms with Crippen LogP contribution in [0.25, 0.3) is 0 Å². The standard InChI is InChI=1S/C12H9Cl3N2O4/c1-20-11(19)9-4-7(10(18)12(13,14)15)5-17(9)6-8-2-3-21-16-8/h2-5H,6H2,1H3. The number of aromatic nitrogens is 2. The van der Waals surface area contributed by atoms with E-state index in [-0.39, 0.29) is 17.8 Å². The van der Waals surface area contributed by atoms with Crippen molar-refractivity contribution >= 4 is 46.6 Å². The number of carbonyl (C=O) groups excluding carboxylic acids is 2. The Morgan fingerprint density at radius 3 is 2.67 bits per heavy atom. The van der Waals surface area contributed by atoms with Gasteiger partial charge in [0.1, 0.15) is 17.7 Å². The lowest BCUT2D eigenvalue weighted by atomic mass is 10.2. The summed E-state index contributed by atoms with van der Waals surface area (Å²) in [5.41, 5.74) is 0.778. The number of ether oxygens (including phenoxy) is 1. The van der Waals surface area contributed by atoms with Crippen molar-refractivity contribution in [2.45, 2.75) is 10.3 Å². The zero-order valence-electron chi connectivity index (χ0n) is 10.7. The van der Waals surface area contributed by atoms with Crippen LogP contribution in [0.5, 0.6) is 0 Å². The van der Waals surface area contributed by atoms with E-state index in [0.29, 0.717) is 5.69 Å². The summed E-state index contributed by atoms with van der Waals surface area (Å²) in [6.45, 7) is 0.202. The lowest BCUT2D eigenvalue weighted by Crippen LogP contribution is -2.18. The van der Waals surface area contributed by atoms with Gasteiger partial charge in [-0.25, -0.2) is 4.79 Å². The van der Waals surface area contributed by atoms with Crippen LogP contribution < -0.4 is 0 Å². The molecule has 0 saturated carbocycles. The molecular formula is C12H9Cl3N2O4. The maximum atomic E-state index is 11.9. The van der Waals surface area contributed by atoms with Crippen molar-refractivity contribution in [1.29, 1.82) is 0 Å². The smallest absolute Gasteiger partial charge is 0.354 e. The number of methoxy groups -OCH3 is 1. The quantitative estimate of drug-likeness (QED) is 0.481. The second kappa shape index (κ2) is 6.09. The third-order valence-corrected chi connectivity index (χ3v) is 3.15. The number of Topliss-reactive ketones (excluding diaryl/α,β-unsaturated/α-hetero) is 1. The highest BCUT2D eigenvalue weighted by Gasteiger charge is 2.33. The van der Waals surface area contributed by atoms with Crippen molar-refractivity contribution < 1.29 is 18.8 Å². The molecule has 0 fully saturated rings. The molecule has 0 radical (unpaired) electrons. The third-order valence-electron chi connectivity index (χ3n) is 2.63. The Morgan fingerprint density at radius 1 is 1.43 bits per heavy atom. The fourth-order valence-electron chi connectivity index (χ4n) is 1.70. The highest BCUT2D eigenvalue weighted by atomic mass is 35.6. The van der Waals surface area contributed by atoms with Crippen LogP contribution in [0.3, 0.4) is 0 Å². The largest absolute Gasteiger partial charge is 0.464 e. The Labute approximate surface area is 134 Å². The molecule has 0 N–H and O–H groups in total. The number of esters is 1. The van der Waals surface area contributed by atoms with Gasteiger partial charge < -0.3 is 13.8 Å². The van der Waals surface area contributed by atoms with E-state index in [9.17, 15) is 9.59 Å². The van der Waals surface area contributed by atoms with Gasteiger partial charge in [-0.2, -0.15) is 0 Å². The number of alkyl halides is 3. The van der Waals surface area contributed by atoms with E-state index < -0.39 is 15.5 Å². The molecular weight excluding hydrogens is 343 g/mol. The molecule has 0 saturated heterocycles.